The SMILES string of the molecule is COC(=O)C1OC1(C)C1CC2CCC1C2. The first-order valence-corrected chi connectivity index (χ1v) is 5.91. The second kappa shape index (κ2) is 2.97. The number of carbonyl (C=O) groups is 1. The molecule has 3 fully saturated rings. The molecule has 1 heterocycles. The van der Waals surface area contributed by atoms with Crippen molar-refractivity contribution in [2.75, 3.05) is 7.11 Å². The summed E-state index contributed by atoms with van der Waals surface area (Å²) in [6, 6.07) is 0. The summed E-state index contributed by atoms with van der Waals surface area (Å²) in [7, 11) is 1.44. The van der Waals surface area contributed by atoms with Gasteiger partial charge in [-0.3, -0.25) is 0 Å². The minimum Gasteiger partial charge on any atom is -0.467 e. The van der Waals surface area contributed by atoms with Gasteiger partial charge in [0.05, 0.1) is 7.11 Å². The zero-order valence-corrected chi connectivity index (χ0v) is 9.36. The highest BCUT2D eigenvalue weighted by molar-refractivity contribution is 5.79. The van der Waals surface area contributed by atoms with Gasteiger partial charge in [0, 0.05) is 0 Å². The molecule has 0 spiro atoms. The number of hydrogen-bond donors (Lipinski definition) is 0. The van der Waals surface area contributed by atoms with Gasteiger partial charge in [0.15, 0.2) is 6.10 Å². The van der Waals surface area contributed by atoms with Crippen LogP contribution < -0.4 is 0 Å². The molecule has 5 atom stereocenters. The van der Waals surface area contributed by atoms with Crippen molar-refractivity contribution in [1.29, 1.82) is 0 Å². The summed E-state index contributed by atoms with van der Waals surface area (Å²) in [6.07, 6.45) is 5.06. The molecule has 2 aliphatic carbocycles. The van der Waals surface area contributed by atoms with Gasteiger partial charge >= 0.3 is 5.97 Å². The summed E-state index contributed by atoms with van der Waals surface area (Å²) >= 11 is 0. The van der Waals surface area contributed by atoms with Crippen LogP contribution in [0.15, 0.2) is 0 Å². The number of rotatable bonds is 2. The van der Waals surface area contributed by atoms with E-state index in [1.807, 2.05) is 0 Å². The summed E-state index contributed by atoms with van der Waals surface area (Å²) in [5.41, 5.74) is -0.201. The van der Waals surface area contributed by atoms with E-state index in [-0.39, 0.29) is 17.7 Å². The second-order valence-electron chi connectivity index (χ2n) is 5.49. The number of hydrogen-bond acceptors (Lipinski definition) is 3. The Labute approximate surface area is 90.1 Å². The molecule has 0 aromatic heterocycles. The topological polar surface area (TPSA) is 38.8 Å². The molecule has 3 rings (SSSR count). The van der Waals surface area contributed by atoms with Crippen molar-refractivity contribution in [2.24, 2.45) is 17.8 Å². The molecule has 3 aliphatic rings. The van der Waals surface area contributed by atoms with Crippen molar-refractivity contribution in [2.45, 2.75) is 44.3 Å². The smallest absolute Gasteiger partial charge is 0.338 e. The molecule has 2 bridgehead atoms. The van der Waals surface area contributed by atoms with Crippen LogP contribution in [0.4, 0.5) is 0 Å². The molecular weight excluding hydrogens is 192 g/mol. The van der Waals surface area contributed by atoms with Crippen LogP contribution in [-0.2, 0) is 14.3 Å². The number of fused-ring (bicyclic) bond motifs is 2. The second-order valence-corrected chi connectivity index (χ2v) is 5.49. The maximum atomic E-state index is 11.4. The fraction of sp³-hybridized carbons (Fsp3) is 0.917. The van der Waals surface area contributed by atoms with Crippen LogP contribution >= 0.6 is 0 Å². The quantitative estimate of drug-likeness (QED) is 0.515. The van der Waals surface area contributed by atoms with E-state index in [4.69, 9.17) is 9.47 Å². The molecule has 3 heteroatoms. The summed E-state index contributed by atoms with van der Waals surface area (Å²) in [5.74, 6) is 2.11. The van der Waals surface area contributed by atoms with Crippen molar-refractivity contribution >= 4 is 5.97 Å². The lowest BCUT2D eigenvalue weighted by atomic mass is 9.78. The highest BCUT2D eigenvalue weighted by Gasteiger charge is 2.65. The zero-order valence-electron chi connectivity index (χ0n) is 9.36. The van der Waals surface area contributed by atoms with Crippen molar-refractivity contribution in [1.82, 2.24) is 0 Å². The van der Waals surface area contributed by atoms with E-state index in [1.54, 1.807) is 0 Å². The van der Waals surface area contributed by atoms with Gasteiger partial charge in [-0.25, -0.2) is 4.79 Å². The fourth-order valence-corrected chi connectivity index (χ4v) is 3.84. The minimum absolute atomic E-state index is 0.194. The molecule has 0 N–H and O–H groups in total. The van der Waals surface area contributed by atoms with Gasteiger partial charge in [-0.05, 0) is 43.9 Å². The van der Waals surface area contributed by atoms with Crippen LogP contribution in [0.2, 0.25) is 0 Å². The van der Waals surface area contributed by atoms with E-state index < -0.39 is 0 Å². The van der Waals surface area contributed by atoms with Gasteiger partial charge < -0.3 is 9.47 Å². The van der Waals surface area contributed by atoms with Gasteiger partial charge in [0.1, 0.15) is 5.60 Å². The molecule has 1 saturated heterocycles. The molecule has 2 saturated carbocycles. The van der Waals surface area contributed by atoms with E-state index in [2.05, 4.69) is 6.92 Å². The van der Waals surface area contributed by atoms with Gasteiger partial charge in [-0.2, -0.15) is 0 Å². The minimum atomic E-state index is -0.285. The molecule has 0 amide bonds. The molecule has 3 nitrogen and oxygen atoms in total. The Morgan fingerprint density at radius 3 is 2.73 bits per heavy atom. The number of epoxide rings is 1. The normalized spacial score (nSPS) is 51.9. The van der Waals surface area contributed by atoms with Crippen LogP contribution in [0.1, 0.15) is 32.6 Å². The highest BCUT2D eigenvalue weighted by atomic mass is 16.7. The Kier molecular flexibility index (Phi) is 1.91. The van der Waals surface area contributed by atoms with Gasteiger partial charge in [0.2, 0.25) is 0 Å². The van der Waals surface area contributed by atoms with E-state index in [9.17, 15) is 4.79 Å². The first-order chi connectivity index (χ1) is 7.15. The molecule has 0 aromatic carbocycles. The fourth-order valence-electron chi connectivity index (χ4n) is 3.84. The molecule has 84 valence electrons. The average molecular weight is 210 g/mol. The Bertz CT molecular complexity index is 301. The van der Waals surface area contributed by atoms with Crippen LogP contribution in [0.5, 0.6) is 0 Å². The molecule has 5 unspecified atom stereocenters. The first kappa shape index (κ1) is 9.64. The third kappa shape index (κ3) is 1.25. The lowest BCUT2D eigenvalue weighted by Gasteiger charge is -2.25. The molecule has 0 radical (unpaired) electrons. The Hall–Kier alpha value is -0.570. The van der Waals surface area contributed by atoms with E-state index in [0.29, 0.717) is 5.92 Å². The molecule has 0 aromatic rings. The van der Waals surface area contributed by atoms with Gasteiger partial charge in [-0.1, -0.05) is 6.42 Å². The van der Waals surface area contributed by atoms with Crippen molar-refractivity contribution in [3.05, 3.63) is 0 Å². The average Bonchev–Trinajstić information content (AvgIpc) is 2.68. The van der Waals surface area contributed by atoms with Crippen molar-refractivity contribution in [3.63, 3.8) is 0 Å². The van der Waals surface area contributed by atoms with Crippen LogP contribution in [-0.4, -0.2) is 24.8 Å². The number of ether oxygens (including phenoxy) is 2. The molecule has 1 aliphatic heterocycles. The number of esters is 1. The highest BCUT2D eigenvalue weighted by Crippen LogP contribution is 2.58. The monoisotopic (exact) mass is 210 g/mol. The predicted octanol–water partition coefficient (Wildman–Crippen LogP) is 1.75. The lowest BCUT2D eigenvalue weighted by molar-refractivity contribution is -0.142. The summed E-state index contributed by atoms with van der Waals surface area (Å²) < 4.78 is 10.4. The molecular formula is C12H18O3. The zero-order chi connectivity index (χ0) is 10.6. The predicted molar refractivity (Wildman–Crippen MR) is 54.2 cm³/mol. The maximum Gasteiger partial charge on any atom is 0.338 e. The van der Waals surface area contributed by atoms with E-state index in [0.717, 1.165) is 11.8 Å². The maximum absolute atomic E-state index is 11.4. The van der Waals surface area contributed by atoms with Gasteiger partial charge in [-0.15, -0.1) is 0 Å². The third-order valence-corrected chi connectivity index (χ3v) is 4.72. The Balaban J connectivity index is 1.71. The summed E-state index contributed by atoms with van der Waals surface area (Å²) in [4.78, 5) is 11.4. The van der Waals surface area contributed by atoms with E-state index in [1.165, 1.54) is 32.8 Å². The molecule has 15 heavy (non-hydrogen) atoms. The standard InChI is InChI=1S/C12H18O3/c1-12(10(15-12)11(13)14-2)9-6-7-3-4-8(9)5-7/h7-10H,3-6H2,1-2H3. The van der Waals surface area contributed by atoms with Crippen LogP contribution in [0.25, 0.3) is 0 Å². The number of carbonyl (C=O) groups excluding carboxylic acids is 1. The lowest BCUT2D eigenvalue weighted by Crippen LogP contribution is -2.31. The van der Waals surface area contributed by atoms with Gasteiger partial charge in [0.25, 0.3) is 0 Å². The number of methoxy groups -OCH3 is 1. The van der Waals surface area contributed by atoms with E-state index >= 15 is 0 Å². The Morgan fingerprint density at radius 1 is 1.40 bits per heavy atom. The van der Waals surface area contributed by atoms with Crippen molar-refractivity contribution < 1.29 is 14.3 Å². The first-order valence-electron chi connectivity index (χ1n) is 5.91. The van der Waals surface area contributed by atoms with Crippen LogP contribution in [0.3, 0.4) is 0 Å². The van der Waals surface area contributed by atoms with Crippen molar-refractivity contribution in [3.8, 4) is 0 Å². The van der Waals surface area contributed by atoms with Crippen LogP contribution in [0, 0.1) is 17.8 Å². The third-order valence-electron chi connectivity index (χ3n) is 4.72. The summed E-state index contributed by atoms with van der Waals surface area (Å²) in [6.45, 7) is 2.08. The Morgan fingerprint density at radius 2 is 2.20 bits per heavy atom. The largest absolute Gasteiger partial charge is 0.467 e. The summed E-state index contributed by atoms with van der Waals surface area (Å²) in [5, 5.41) is 0.